The number of carbonyl (C=O) groups excluding carboxylic acids is 1. The molecule has 5 rings (SSSR count). The summed E-state index contributed by atoms with van der Waals surface area (Å²) in [7, 11) is 0. The Morgan fingerprint density at radius 3 is 2.68 bits per heavy atom. The second-order valence-electron chi connectivity index (χ2n) is 9.47. The van der Waals surface area contributed by atoms with Gasteiger partial charge in [0.25, 0.3) is 0 Å². The fourth-order valence-corrected chi connectivity index (χ4v) is 4.65. The maximum Gasteiger partial charge on any atom is 0.338 e. The summed E-state index contributed by atoms with van der Waals surface area (Å²) in [5, 5.41) is 4.11. The first-order valence-electron chi connectivity index (χ1n) is 12.4. The highest BCUT2D eigenvalue weighted by atomic mass is 19.3. The van der Waals surface area contributed by atoms with Crippen LogP contribution < -0.4 is 5.73 Å². The molecule has 9 nitrogen and oxygen atoms in total. The highest BCUT2D eigenvalue weighted by molar-refractivity contribution is 5.89. The van der Waals surface area contributed by atoms with Crippen molar-refractivity contribution in [1.82, 2.24) is 24.6 Å². The topological polar surface area (TPSA) is 108 Å². The number of benzene rings is 1. The van der Waals surface area contributed by atoms with Crippen LogP contribution in [-0.2, 0) is 15.9 Å². The largest absolute Gasteiger partial charge is 0.461 e. The first-order valence-corrected chi connectivity index (χ1v) is 12.4. The summed E-state index contributed by atoms with van der Waals surface area (Å²) >= 11 is 0. The van der Waals surface area contributed by atoms with E-state index in [1.54, 1.807) is 19.1 Å². The number of ether oxygens (including phenoxy) is 2. The molecule has 3 aromatic rings. The molecule has 2 N–H and O–H groups in total. The van der Waals surface area contributed by atoms with Crippen LogP contribution in [0, 0.1) is 6.92 Å². The van der Waals surface area contributed by atoms with Gasteiger partial charge in [-0.25, -0.2) is 19.4 Å². The zero-order valence-electron chi connectivity index (χ0n) is 20.7. The van der Waals surface area contributed by atoms with Gasteiger partial charge in [-0.2, -0.15) is 13.9 Å². The number of nitrogens with two attached hydrogens (primary N) is 1. The van der Waals surface area contributed by atoms with Crippen molar-refractivity contribution in [2.24, 2.45) is 0 Å². The smallest absolute Gasteiger partial charge is 0.338 e. The van der Waals surface area contributed by atoms with E-state index in [-0.39, 0.29) is 5.95 Å². The number of morpholine rings is 1. The molecule has 0 bridgehead atoms. The minimum atomic E-state index is -2.80. The van der Waals surface area contributed by atoms with E-state index >= 15 is 0 Å². The number of aryl methyl sites for hydroxylation is 1. The molecule has 0 spiro atoms. The van der Waals surface area contributed by atoms with Crippen molar-refractivity contribution in [2.75, 3.05) is 45.2 Å². The van der Waals surface area contributed by atoms with Crippen LogP contribution in [0.4, 0.5) is 14.7 Å². The molecule has 3 heterocycles. The van der Waals surface area contributed by atoms with E-state index in [0.717, 1.165) is 37.1 Å². The summed E-state index contributed by atoms with van der Waals surface area (Å²) in [6.07, 6.45) is 3.76. The number of hydrogen-bond donors (Lipinski definition) is 1. The number of carbonyl (C=O) groups is 1. The average Bonchev–Trinajstić information content (AvgIpc) is 3.63. The van der Waals surface area contributed by atoms with Crippen LogP contribution in [0.2, 0.25) is 0 Å². The fourth-order valence-electron chi connectivity index (χ4n) is 4.65. The summed E-state index contributed by atoms with van der Waals surface area (Å²) in [4.78, 5) is 23.3. The predicted octanol–water partition coefficient (Wildman–Crippen LogP) is 3.58. The highest BCUT2D eigenvalue weighted by Crippen LogP contribution is 2.43. The molecule has 0 unspecified atom stereocenters. The van der Waals surface area contributed by atoms with E-state index < -0.39 is 12.5 Å². The van der Waals surface area contributed by atoms with Gasteiger partial charge in [0.05, 0.1) is 24.5 Å². The van der Waals surface area contributed by atoms with Crippen molar-refractivity contribution in [3.8, 4) is 11.4 Å². The lowest BCUT2D eigenvalue weighted by Crippen LogP contribution is -2.38. The average molecular weight is 513 g/mol. The lowest BCUT2D eigenvalue weighted by molar-refractivity contribution is 0.0195. The molecule has 1 saturated heterocycles. The van der Waals surface area contributed by atoms with Crippen molar-refractivity contribution in [3.63, 3.8) is 0 Å². The van der Waals surface area contributed by atoms with Crippen molar-refractivity contribution in [1.29, 1.82) is 0 Å². The van der Waals surface area contributed by atoms with Crippen molar-refractivity contribution < 1.29 is 23.0 Å². The van der Waals surface area contributed by atoms with Crippen LogP contribution in [0.5, 0.6) is 0 Å². The molecule has 0 atom stereocenters. The summed E-state index contributed by atoms with van der Waals surface area (Å²) < 4.78 is 38.7. The summed E-state index contributed by atoms with van der Waals surface area (Å²) in [5.41, 5.74) is 10.1. The Balaban J connectivity index is 1.39. The third-order valence-corrected chi connectivity index (χ3v) is 6.64. The summed E-state index contributed by atoms with van der Waals surface area (Å²) in [5.74, 6) is 0.0412. The second-order valence-corrected chi connectivity index (χ2v) is 9.47. The quantitative estimate of drug-likeness (QED) is 0.434. The molecule has 1 aliphatic heterocycles. The molecule has 0 amide bonds. The summed E-state index contributed by atoms with van der Waals surface area (Å²) in [6.45, 7) is 2.91. The second kappa shape index (κ2) is 10.9. The number of nitrogen functional groups attached to an aromatic ring is 1. The van der Waals surface area contributed by atoms with E-state index in [9.17, 15) is 13.6 Å². The van der Waals surface area contributed by atoms with E-state index in [4.69, 9.17) is 15.2 Å². The number of aromatic nitrogens is 4. The normalized spacial score (nSPS) is 16.3. The number of rotatable bonds is 9. The SMILES string of the molecule is Cc1cc(-c2nn(C(F)F)cc2Cc2cc(C(=O)OCCN3CCOCC3)ccc2C2CC2)nc(N)n1. The minimum Gasteiger partial charge on any atom is -0.461 e. The van der Waals surface area contributed by atoms with Gasteiger partial charge in [0.15, 0.2) is 0 Å². The number of nitrogens with zero attached hydrogens (tertiary/aromatic N) is 5. The predicted molar refractivity (Wildman–Crippen MR) is 132 cm³/mol. The van der Waals surface area contributed by atoms with Crippen LogP contribution in [0.3, 0.4) is 0 Å². The van der Waals surface area contributed by atoms with Gasteiger partial charge < -0.3 is 15.2 Å². The van der Waals surface area contributed by atoms with Crippen LogP contribution in [0.15, 0.2) is 30.5 Å². The number of esters is 1. The Bertz CT molecular complexity index is 1250. The standard InChI is InChI=1S/C26H30F2N6O3/c1-16-12-22(31-26(29)30-16)23-20(15-34(32-23)25(27)28)14-19-13-18(4-5-21(19)17-2-3-17)24(35)37-11-8-33-6-9-36-10-7-33/h4-5,12-13,15,17,25H,2-3,6-11,14H2,1H3,(H2,29,30,31). The van der Waals surface area contributed by atoms with Gasteiger partial charge in [-0.3, -0.25) is 4.90 Å². The zero-order valence-corrected chi connectivity index (χ0v) is 20.7. The Hall–Kier alpha value is -3.44. The first-order chi connectivity index (χ1) is 17.9. The molecule has 1 aromatic carbocycles. The van der Waals surface area contributed by atoms with E-state index in [2.05, 4.69) is 20.0 Å². The number of hydrogen-bond acceptors (Lipinski definition) is 8. The third-order valence-electron chi connectivity index (χ3n) is 6.64. The monoisotopic (exact) mass is 512 g/mol. The number of anilines is 1. The highest BCUT2D eigenvalue weighted by Gasteiger charge is 2.28. The Labute approximate surface area is 213 Å². The molecule has 0 radical (unpaired) electrons. The molecule has 2 aliphatic rings. The Morgan fingerprint density at radius 1 is 1.19 bits per heavy atom. The van der Waals surface area contributed by atoms with Crippen LogP contribution >= 0.6 is 0 Å². The molecule has 2 aromatic heterocycles. The zero-order chi connectivity index (χ0) is 25.9. The minimum absolute atomic E-state index is 0.0491. The first kappa shape index (κ1) is 25.2. The molecule has 2 fully saturated rings. The maximum atomic E-state index is 13.6. The van der Waals surface area contributed by atoms with Crippen molar-refractivity contribution in [3.05, 3.63) is 58.4 Å². The van der Waals surface area contributed by atoms with Gasteiger partial charge in [0.2, 0.25) is 5.95 Å². The maximum absolute atomic E-state index is 13.6. The van der Waals surface area contributed by atoms with Gasteiger partial charge in [-0.05, 0) is 55.0 Å². The lowest BCUT2D eigenvalue weighted by Gasteiger charge is -2.26. The number of halogens is 2. The third kappa shape index (κ3) is 6.11. The summed E-state index contributed by atoms with van der Waals surface area (Å²) in [6, 6.07) is 7.22. The lowest BCUT2D eigenvalue weighted by atomic mass is 9.94. The van der Waals surface area contributed by atoms with E-state index in [1.165, 1.54) is 6.20 Å². The Kier molecular flexibility index (Phi) is 7.43. The Morgan fingerprint density at radius 2 is 1.97 bits per heavy atom. The number of alkyl halides is 2. The van der Waals surface area contributed by atoms with Gasteiger partial charge in [-0.1, -0.05) is 6.07 Å². The van der Waals surface area contributed by atoms with Gasteiger partial charge >= 0.3 is 12.5 Å². The van der Waals surface area contributed by atoms with Crippen molar-refractivity contribution >= 4 is 11.9 Å². The fraction of sp³-hybridized carbons (Fsp3) is 0.462. The molecule has 37 heavy (non-hydrogen) atoms. The molecule has 1 saturated carbocycles. The van der Waals surface area contributed by atoms with Gasteiger partial charge in [0, 0.05) is 43.5 Å². The van der Waals surface area contributed by atoms with Crippen LogP contribution in [-0.4, -0.2) is 70.1 Å². The molecule has 1 aliphatic carbocycles. The van der Waals surface area contributed by atoms with Gasteiger partial charge in [0.1, 0.15) is 12.3 Å². The van der Waals surface area contributed by atoms with Crippen LogP contribution in [0.25, 0.3) is 11.4 Å². The molecule has 11 heteroatoms. The van der Waals surface area contributed by atoms with Crippen LogP contribution in [0.1, 0.15) is 58.1 Å². The molecule has 196 valence electrons. The molecular weight excluding hydrogens is 482 g/mol. The van der Waals surface area contributed by atoms with Crippen molar-refractivity contribution in [2.45, 2.75) is 38.7 Å². The van der Waals surface area contributed by atoms with E-state index in [0.29, 0.717) is 71.6 Å². The molecular formula is C26H30F2N6O3. The van der Waals surface area contributed by atoms with E-state index in [1.807, 2.05) is 12.1 Å². The van der Waals surface area contributed by atoms with Gasteiger partial charge in [-0.15, -0.1) is 0 Å².